The largest absolute Gasteiger partial charge is 0.374 e. The van der Waals surface area contributed by atoms with Crippen molar-refractivity contribution in [2.45, 2.75) is 40.7 Å². The van der Waals surface area contributed by atoms with E-state index in [4.69, 9.17) is 4.74 Å². The van der Waals surface area contributed by atoms with Crippen molar-refractivity contribution in [3.8, 4) is 0 Å². The van der Waals surface area contributed by atoms with E-state index in [1.165, 1.54) is 0 Å². The molecule has 19 heavy (non-hydrogen) atoms. The molecule has 0 aromatic carbocycles. The van der Waals surface area contributed by atoms with Crippen LogP contribution in [0.1, 0.15) is 34.6 Å². The van der Waals surface area contributed by atoms with E-state index in [2.05, 4.69) is 18.7 Å². The molecular formula is C15H30N2O2. The number of ether oxygens (including phenoxy) is 1. The summed E-state index contributed by atoms with van der Waals surface area (Å²) in [5.41, 5.74) is -0.318. The van der Waals surface area contributed by atoms with Gasteiger partial charge in [0.2, 0.25) is 5.91 Å². The van der Waals surface area contributed by atoms with Crippen molar-refractivity contribution >= 4 is 5.91 Å². The van der Waals surface area contributed by atoms with Crippen LogP contribution in [0.3, 0.4) is 0 Å². The van der Waals surface area contributed by atoms with Gasteiger partial charge in [-0.2, -0.15) is 0 Å². The number of amides is 1. The van der Waals surface area contributed by atoms with Crippen LogP contribution >= 0.6 is 0 Å². The van der Waals surface area contributed by atoms with Gasteiger partial charge in [-0.05, 0) is 5.92 Å². The molecule has 1 aliphatic rings. The average molecular weight is 270 g/mol. The third kappa shape index (κ3) is 5.49. The maximum Gasteiger partial charge on any atom is 0.227 e. The van der Waals surface area contributed by atoms with E-state index in [9.17, 15) is 4.79 Å². The summed E-state index contributed by atoms with van der Waals surface area (Å²) < 4.78 is 5.79. The topological polar surface area (TPSA) is 32.8 Å². The van der Waals surface area contributed by atoms with E-state index in [0.717, 1.165) is 26.2 Å². The van der Waals surface area contributed by atoms with Gasteiger partial charge in [0.1, 0.15) is 0 Å². The average Bonchev–Trinajstić information content (AvgIpc) is 2.26. The Kier molecular flexibility index (Phi) is 5.81. The second kappa shape index (κ2) is 6.71. The second-order valence-electron chi connectivity index (χ2n) is 7.08. The number of hydrogen-bond donors (Lipinski definition) is 0. The molecule has 0 radical (unpaired) electrons. The summed E-state index contributed by atoms with van der Waals surface area (Å²) in [6, 6.07) is 0. The number of carbonyl (C=O) groups excluding carboxylic acids is 1. The van der Waals surface area contributed by atoms with Crippen LogP contribution in [0.15, 0.2) is 0 Å². The lowest BCUT2D eigenvalue weighted by Crippen LogP contribution is -2.50. The van der Waals surface area contributed by atoms with Crippen molar-refractivity contribution in [3.05, 3.63) is 0 Å². The number of nitrogens with zero attached hydrogens (tertiary/aromatic N) is 2. The Bertz CT molecular complexity index is 297. The van der Waals surface area contributed by atoms with Gasteiger partial charge in [0, 0.05) is 38.6 Å². The van der Waals surface area contributed by atoms with Crippen LogP contribution in [0.4, 0.5) is 0 Å². The molecule has 1 saturated heterocycles. The quantitative estimate of drug-likeness (QED) is 0.781. The zero-order chi connectivity index (χ0) is 14.6. The minimum absolute atomic E-state index is 0.142. The van der Waals surface area contributed by atoms with Crippen molar-refractivity contribution < 1.29 is 9.53 Å². The van der Waals surface area contributed by atoms with E-state index < -0.39 is 0 Å². The Labute approximate surface area is 118 Å². The molecule has 0 aromatic rings. The summed E-state index contributed by atoms with van der Waals surface area (Å²) in [6.07, 6.45) is 0.142. The monoisotopic (exact) mass is 270 g/mol. The first-order valence-corrected chi connectivity index (χ1v) is 7.29. The summed E-state index contributed by atoms with van der Waals surface area (Å²) in [7, 11) is 1.87. The van der Waals surface area contributed by atoms with Crippen LogP contribution in [0.5, 0.6) is 0 Å². The smallest absolute Gasteiger partial charge is 0.227 e. The predicted octanol–water partition coefficient (Wildman–Crippen LogP) is 1.85. The molecule has 1 aliphatic heterocycles. The molecule has 1 rings (SSSR count). The number of morpholine rings is 1. The van der Waals surface area contributed by atoms with Crippen LogP contribution in [0.25, 0.3) is 0 Å². The Hall–Kier alpha value is -0.610. The molecule has 4 nitrogen and oxygen atoms in total. The van der Waals surface area contributed by atoms with Gasteiger partial charge in [0.05, 0.1) is 12.7 Å². The Morgan fingerprint density at radius 1 is 1.42 bits per heavy atom. The Morgan fingerprint density at radius 3 is 2.58 bits per heavy atom. The van der Waals surface area contributed by atoms with Crippen LogP contribution in [0, 0.1) is 11.3 Å². The van der Waals surface area contributed by atoms with E-state index in [1.54, 1.807) is 0 Å². The van der Waals surface area contributed by atoms with Gasteiger partial charge in [0.25, 0.3) is 0 Å². The van der Waals surface area contributed by atoms with Crippen LogP contribution in [-0.2, 0) is 9.53 Å². The third-order valence-electron chi connectivity index (χ3n) is 3.31. The predicted molar refractivity (Wildman–Crippen MR) is 78.1 cm³/mol. The Balaban J connectivity index is 2.46. The molecule has 0 unspecified atom stereocenters. The highest BCUT2D eigenvalue weighted by Crippen LogP contribution is 2.17. The van der Waals surface area contributed by atoms with Gasteiger partial charge < -0.3 is 9.64 Å². The molecule has 0 aromatic heterocycles. The molecule has 1 heterocycles. The SMILES string of the molecule is CC(C)CN1CCO[C@H](CN(C)C(=O)C(C)(C)C)C1. The molecule has 0 saturated carbocycles. The van der Waals surface area contributed by atoms with Crippen LogP contribution in [-0.4, -0.2) is 61.6 Å². The summed E-state index contributed by atoms with van der Waals surface area (Å²) >= 11 is 0. The minimum Gasteiger partial charge on any atom is -0.374 e. The molecule has 0 spiro atoms. The molecule has 1 amide bonds. The molecule has 0 bridgehead atoms. The molecule has 0 aliphatic carbocycles. The molecule has 1 atom stereocenters. The van der Waals surface area contributed by atoms with Crippen molar-refractivity contribution in [1.82, 2.24) is 9.80 Å². The van der Waals surface area contributed by atoms with Crippen LogP contribution in [0.2, 0.25) is 0 Å². The zero-order valence-corrected chi connectivity index (χ0v) is 13.4. The van der Waals surface area contributed by atoms with E-state index >= 15 is 0 Å². The summed E-state index contributed by atoms with van der Waals surface area (Å²) in [4.78, 5) is 16.4. The van der Waals surface area contributed by atoms with Gasteiger partial charge in [-0.15, -0.1) is 0 Å². The summed E-state index contributed by atoms with van der Waals surface area (Å²) in [5.74, 6) is 0.852. The fourth-order valence-corrected chi connectivity index (χ4v) is 2.53. The van der Waals surface area contributed by atoms with Crippen molar-refractivity contribution in [2.75, 3.05) is 39.8 Å². The number of rotatable bonds is 4. The first kappa shape index (κ1) is 16.4. The third-order valence-corrected chi connectivity index (χ3v) is 3.31. The maximum atomic E-state index is 12.2. The lowest BCUT2D eigenvalue weighted by molar-refractivity contribution is -0.141. The maximum absolute atomic E-state index is 12.2. The highest BCUT2D eigenvalue weighted by atomic mass is 16.5. The standard InChI is InChI=1S/C15H30N2O2/c1-12(2)9-17-7-8-19-13(11-17)10-16(6)14(18)15(3,4)5/h12-13H,7-11H2,1-6H3/t13-/m1/s1. The normalized spacial score (nSPS) is 21.7. The fraction of sp³-hybridized carbons (Fsp3) is 0.933. The molecular weight excluding hydrogens is 240 g/mol. The second-order valence-corrected chi connectivity index (χ2v) is 7.08. The van der Waals surface area contributed by atoms with Crippen molar-refractivity contribution in [2.24, 2.45) is 11.3 Å². The van der Waals surface area contributed by atoms with E-state index in [0.29, 0.717) is 12.5 Å². The van der Waals surface area contributed by atoms with Gasteiger partial charge >= 0.3 is 0 Å². The van der Waals surface area contributed by atoms with Gasteiger partial charge in [0.15, 0.2) is 0 Å². The number of carbonyl (C=O) groups is 1. The number of hydrogen-bond acceptors (Lipinski definition) is 3. The summed E-state index contributed by atoms with van der Waals surface area (Å²) in [5, 5.41) is 0. The van der Waals surface area contributed by atoms with E-state index in [1.807, 2.05) is 32.7 Å². The molecule has 4 heteroatoms. The fourth-order valence-electron chi connectivity index (χ4n) is 2.53. The van der Waals surface area contributed by atoms with Gasteiger partial charge in [-0.3, -0.25) is 9.69 Å². The minimum atomic E-state index is -0.318. The van der Waals surface area contributed by atoms with Crippen molar-refractivity contribution in [3.63, 3.8) is 0 Å². The first-order valence-electron chi connectivity index (χ1n) is 7.29. The number of likely N-dealkylation sites (N-methyl/N-ethyl adjacent to an activating group) is 1. The van der Waals surface area contributed by atoms with Gasteiger partial charge in [-0.25, -0.2) is 0 Å². The molecule has 112 valence electrons. The van der Waals surface area contributed by atoms with E-state index in [-0.39, 0.29) is 17.4 Å². The first-order chi connectivity index (χ1) is 8.70. The molecule has 0 N–H and O–H groups in total. The lowest BCUT2D eigenvalue weighted by atomic mass is 9.95. The summed E-state index contributed by atoms with van der Waals surface area (Å²) in [6.45, 7) is 14.8. The lowest BCUT2D eigenvalue weighted by Gasteiger charge is -2.36. The van der Waals surface area contributed by atoms with Crippen molar-refractivity contribution in [1.29, 1.82) is 0 Å². The molecule has 1 fully saturated rings. The Morgan fingerprint density at radius 2 is 2.05 bits per heavy atom. The zero-order valence-electron chi connectivity index (χ0n) is 13.4. The highest BCUT2D eigenvalue weighted by molar-refractivity contribution is 5.81. The highest BCUT2D eigenvalue weighted by Gasteiger charge is 2.28. The van der Waals surface area contributed by atoms with Gasteiger partial charge in [-0.1, -0.05) is 34.6 Å². The van der Waals surface area contributed by atoms with Crippen LogP contribution < -0.4 is 0 Å².